The van der Waals surface area contributed by atoms with E-state index in [4.69, 9.17) is 5.73 Å². The number of carbonyl (C=O) groups excluding carboxylic acids is 1. The summed E-state index contributed by atoms with van der Waals surface area (Å²) < 4.78 is 28.4. The third kappa shape index (κ3) is 2.76. The van der Waals surface area contributed by atoms with E-state index in [9.17, 15) is 13.6 Å². The first-order valence-corrected chi connectivity index (χ1v) is 5.83. The largest absolute Gasteiger partial charge is 0.435 e. The zero-order valence-electron chi connectivity index (χ0n) is 10.5. The third-order valence-corrected chi connectivity index (χ3v) is 2.81. The Balaban J connectivity index is 2.23. The predicted octanol–water partition coefficient (Wildman–Crippen LogP) is 2.31. The molecular formula is C13H13F2N3O2. The maximum absolute atomic E-state index is 12.1. The van der Waals surface area contributed by atoms with Crippen LogP contribution in [0.4, 0.5) is 13.6 Å². The van der Waals surface area contributed by atoms with Gasteiger partial charge in [-0.1, -0.05) is 18.2 Å². The second-order valence-corrected chi connectivity index (χ2v) is 4.11. The van der Waals surface area contributed by atoms with E-state index < -0.39 is 18.7 Å². The van der Waals surface area contributed by atoms with Gasteiger partial charge in [-0.2, -0.15) is 13.8 Å². The van der Waals surface area contributed by atoms with Gasteiger partial charge < -0.3 is 15.4 Å². The van der Waals surface area contributed by atoms with Crippen LogP contribution in [0.1, 0.15) is 11.6 Å². The number of nitrogens with zero attached hydrogens (tertiary/aromatic N) is 2. The van der Waals surface area contributed by atoms with Gasteiger partial charge in [-0.15, -0.1) is 6.58 Å². The van der Waals surface area contributed by atoms with Crippen LogP contribution < -0.4 is 10.5 Å². The molecule has 20 heavy (non-hydrogen) atoms. The van der Waals surface area contributed by atoms with E-state index >= 15 is 0 Å². The second kappa shape index (κ2) is 5.68. The van der Waals surface area contributed by atoms with Crippen LogP contribution in [0.3, 0.4) is 0 Å². The van der Waals surface area contributed by atoms with Crippen molar-refractivity contribution in [3.05, 3.63) is 42.5 Å². The molecule has 1 aromatic carbocycles. The molecule has 7 heteroatoms. The van der Waals surface area contributed by atoms with Gasteiger partial charge in [-0.25, -0.2) is 4.79 Å². The summed E-state index contributed by atoms with van der Waals surface area (Å²) in [4.78, 5) is 16.8. The Hall–Kier alpha value is -2.44. The van der Waals surface area contributed by atoms with Gasteiger partial charge in [0.25, 0.3) is 0 Å². The molecule has 0 saturated carbocycles. The number of halogens is 2. The molecule has 0 radical (unpaired) electrons. The number of alkyl halides is 2. The first kappa shape index (κ1) is 14.0. The Kier molecular flexibility index (Phi) is 3.97. The number of carbonyl (C=O) groups is 1. The Bertz CT molecular complexity index is 543. The fraction of sp³-hybridized carbons (Fsp3) is 0.231. The summed E-state index contributed by atoms with van der Waals surface area (Å²) in [7, 11) is 0. The van der Waals surface area contributed by atoms with E-state index in [1.807, 2.05) is 0 Å². The summed E-state index contributed by atoms with van der Waals surface area (Å²) in [5.41, 5.74) is 6.41. The van der Waals surface area contributed by atoms with Gasteiger partial charge in [0.1, 0.15) is 17.6 Å². The van der Waals surface area contributed by atoms with E-state index in [1.165, 1.54) is 17.0 Å². The van der Waals surface area contributed by atoms with Gasteiger partial charge in [0.2, 0.25) is 0 Å². The summed E-state index contributed by atoms with van der Waals surface area (Å²) >= 11 is 0. The maximum Gasteiger partial charge on any atom is 0.387 e. The first-order chi connectivity index (χ1) is 9.52. The molecule has 0 spiro atoms. The molecule has 1 atom stereocenters. The van der Waals surface area contributed by atoms with Crippen LogP contribution >= 0.6 is 0 Å². The van der Waals surface area contributed by atoms with Gasteiger partial charge in [-0.05, 0) is 17.7 Å². The summed E-state index contributed by atoms with van der Waals surface area (Å²) in [5.74, 6) is 0.207. The van der Waals surface area contributed by atoms with Crippen LogP contribution in [0.25, 0.3) is 0 Å². The topological polar surface area (TPSA) is 67.9 Å². The normalized spacial score (nSPS) is 18.4. The number of benzene rings is 1. The quantitative estimate of drug-likeness (QED) is 0.842. The lowest BCUT2D eigenvalue weighted by Gasteiger charge is -2.23. The minimum atomic E-state index is -2.88. The number of hydrogen-bond acceptors (Lipinski definition) is 3. The SMILES string of the molecule is C=CCN1C(=O)N=C(N)C1c1ccc(OC(F)F)cc1. The monoisotopic (exact) mass is 281 g/mol. The Morgan fingerprint density at radius 3 is 2.65 bits per heavy atom. The Labute approximate surface area is 114 Å². The molecule has 0 aliphatic carbocycles. The highest BCUT2D eigenvalue weighted by molar-refractivity contribution is 6.03. The van der Waals surface area contributed by atoms with Crippen molar-refractivity contribution in [1.29, 1.82) is 0 Å². The Morgan fingerprint density at radius 2 is 2.10 bits per heavy atom. The fourth-order valence-corrected chi connectivity index (χ4v) is 2.01. The lowest BCUT2D eigenvalue weighted by atomic mass is 10.1. The van der Waals surface area contributed by atoms with Gasteiger partial charge in [0.05, 0.1) is 0 Å². The minimum Gasteiger partial charge on any atom is -0.435 e. The highest BCUT2D eigenvalue weighted by atomic mass is 19.3. The van der Waals surface area contributed by atoms with Crippen LogP contribution in [0, 0.1) is 0 Å². The van der Waals surface area contributed by atoms with E-state index in [2.05, 4.69) is 16.3 Å². The smallest absolute Gasteiger partial charge is 0.387 e. The van der Waals surface area contributed by atoms with Crippen molar-refractivity contribution < 1.29 is 18.3 Å². The molecular weight excluding hydrogens is 268 g/mol. The predicted molar refractivity (Wildman–Crippen MR) is 69.7 cm³/mol. The zero-order chi connectivity index (χ0) is 14.7. The second-order valence-electron chi connectivity index (χ2n) is 4.11. The molecule has 0 bridgehead atoms. The van der Waals surface area contributed by atoms with Gasteiger partial charge >= 0.3 is 12.6 Å². The highest BCUT2D eigenvalue weighted by Gasteiger charge is 2.33. The van der Waals surface area contributed by atoms with E-state index in [0.29, 0.717) is 12.1 Å². The molecule has 1 heterocycles. The first-order valence-electron chi connectivity index (χ1n) is 5.83. The third-order valence-electron chi connectivity index (χ3n) is 2.81. The average Bonchev–Trinajstić information content (AvgIpc) is 2.65. The van der Waals surface area contributed by atoms with Gasteiger partial charge in [0.15, 0.2) is 0 Å². The molecule has 2 N–H and O–H groups in total. The van der Waals surface area contributed by atoms with Crippen molar-refractivity contribution in [3.63, 3.8) is 0 Å². The average molecular weight is 281 g/mol. The molecule has 2 rings (SSSR count). The number of ether oxygens (including phenoxy) is 1. The Morgan fingerprint density at radius 1 is 1.45 bits per heavy atom. The van der Waals surface area contributed by atoms with Gasteiger partial charge in [0, 0.05) is 6.54 Å². The summed E-state index contributed by atoms with van der Waals surface area (Å²) in [6, 6.07) is 4.97. The molecule has 0 aromatic heterocycles. The zero-order valence-corrected chi connectivity index (χ0v) is 10.5. The number of hydrogen-bond donors (Lipinski definition) is 1. The van der Waals surface area contributed by atoms with Gasteiger partial charge in [-0.3, -0.25) is 0 Å². The number of nitrogens with two attached hydrogens (primary N) is 1. The number of amides is 2. The fourth-order valence-electron chi connectivity index (χ4n) is 2.01. The molecule has 1 aliphatic rings. The standard InChI is InChI=1S/C13H13F2N3O2/c1-2-7-18-10(11(16)17-13(18)19)8-3-5-9(6-4-8)20-12(14)15/h2-6,10,12H,1,7H2,(H2,16,17,19). The molecule has 0 fully saturated rings. The number of amidine groups is 1. The van der Waals surface area contributed by atoms with Crippen molar-refractivity contribution in [2.45, 2.75) is 12.7 Å². The maximum atomic E-state index is 12.1. The van der Waals surface area contributed by atoms with E-state index in [1.54, 1.807) is 18.2 Å². The van der Waals surface area contributed by atoms with Crippen LogP contribution in [0.5, 0.6) is 5.75 Å². The molecule has 106 valence electrons. The lowest BCUT2D eigenvalue weighted by molar-refractivity contribution is -0.0498. The highest BCUT2D eigenvalue weighted by Crippen LogP contribution is 2.28. The van der Waals surface area contributed by atoms with Crippen molar-refractivity contribution in [3.8, 4) is 5.75 Å². The van der Waals surface area contributed by atoms with Crippen molar-refractivity contribution >= 4 is 11.9 Å². The molecule has 0 saturated heterocycles. The summed E-state index contributed by atoms with van der Waals surface area (Å²) in [5, 5.41) is 0. The van der Waals surface area contributed by atoms with Crippen molar-refractivity contribution in [2.75, 3.05) is 6.54 Å². The van der Waals surface area contributed by atoms with Crippen molar-refractivity contribution in [1.82, 2.24) is 4.90 Å². The number of urea groups is 1. The molecule has 5 nitrogen and oxygen atoms in total. The van der Waals surface area contributed by atoms with Crippen LogP contribution in [0.15, 0.2) is 41.9 Å². The van der Waals surface area contributed by atoms with Crippen LogP contribution in [-0.4, -0.2) is 29.9 Å². The number of rotatable bonds is 5. The van der Waals surface area contributed by atoms with E-state index in [0.717, 1.165) is 0 Å². The molecule has 2 amide bonds. The van der Waals surface area contributed by atoms with Crippen molar-refractivity contribution in [2.24, 2.45) is 10.7 Å². The molecule has 1 aromatic rings. The van der Waals surface area contributed by atoms with Crippen LogP contribution in [0.2, 0.25) is 0 Å². The summed E-state index contributed by atoms with van der Waals surface area (Å²) in [6.07, 6.45) is 1.56. The molecule has 1 unspecified atom stereocenters. The lowest BCUT2D eigenvalue weighted by Crippen LogP contribution is -2.33. The van der Waals surface area contributed by atoms with E-state index in [-0.39, 0.29) is 11.6 Å². The van der Waals surface area contributed by atoms with Crippen LogP contribution in [-0.2, 0) is 0 Å². The summed E-state index contributed by atoms with van der Waals surface area (Å²) in [6.45, 7) is 0.987. The number of aliphatic imine (C=N–C) groups is 1. The minimum absolute atomic E-state index is 0.0406. The molecule has 1 aliphatic heterocycles.